The average molecular weight is 277 g/mol. The van der Waals surface area contributed by atoms with E-state index < -0.39 is 0 Å². The van der Waals surface area contributed by atoms with Crippen molar-refractivity contribution in [3.05, 3.63) is 77.6 Å². The van der Waals surface area contributed by atoms with Gasteiger partial charge in [0.05, 0.1) is 11.9 Å². The molecule has 0 saturated carbocycles. The molecule has 0 saturated heterocycles. The third-order valence-corrected chi connectivity index (χ3v) is 3.52. The lowest BCUT2D eigenvalue weighted by molar-refractivity contribution is 0.880. The molecule has 1 aromatic heterocycles. The van der Waals surface area contributed by atoms with E-state index in [1.165, 1.54) is 22.4 Å². The standard InChI is InChI=1S/C18H19N3/c1-14-8-9-18(15(2)10-14)19-11-16-12-20-21(13-16)17-6-4-3-5-7-17/h3-10,12-13,19H,11H2,1-2H3. The van der Waals surface area contributed by atoms with E-state index in [4.69, 9.17) is 0 Å². The van der Waals surface area contributed by atoms with Crippen LogP contribution in [0.5, 0.6) is 0 Å². The smallest absolute Gasteiger partial charge is 0.0645 e. The Balaban J connectivity index is 1.70. The Morgan fingerprint density at radius 2 is 1.86 bits per heavy atom. The van der Waals surface area contributed by atoms with Crippen molar-refractivity contribution in [2.75, 3.05) is 5.32 Å². The molecule has 0 bridgehead atoms. The monoisotopic (exact) mass is 277 g/mol. The fourth-order valence-corrected chi connectivity index (χ4v) is 2.38. The number of aryl methyl sites for hydroxylation is 2. The molecule has 21 heavy (non-hydrogen) atoms. The SMILES string of the molecule is Cc1ccc(NCc2cnn(-c3ccccc3)c2)c(C)c1. The molecule has 3 nitrogen and oxygen atoms in total. The first-order valence-electron chi connectivity index (χ1n) is 7.12. The van der Waals surface area contributed by atoms with Gasteiger partial charge in [0.1, 0.15) is 0 Å². The molecule has 0 unspecified atom stereocenters. The van der Waals surface area contributed by atoms with Crippen LogP contribution in [0.4, 0.5) is 5.69 Å². The molecule has 3 rings (SSSR count). The van der Waals surface area contributed by atoms with Gasteiger partial charge in [-0.2, -0.15) is 5.10 Å². The van der Waals surface area contributed by atoms with Crippen LogP contribution in [0.2, 0.25) is 0 Å². The van der Waals surface area contributed by atoms with E-state index in [2.05, 4.69) is 48.7 Å². The van der Waals surface area contributed by atoms with Crippen LogP contribution in [-0.4, -0.2) is 9.78 Å². The fourth-order valence-electron chi connectivity index (χ4n) is 2.38. The maximum atomic E-state index is 4.41. The lowest BCUT2D eigenvalue weighted by Gasteiger charge is -2.09. The van der Waals surface area contributed by atoms with Crippen LogP contribution in [0, 0.1) is 13.8 Å². The number of nitrogens with zero attached hydrogens (tertiary/aromatic N) is 2. The predicted octanol–water partition coefficient (Wildman–Crippen LogP) is 4.10. The third kappa shape index (κ3) is 3.14. The molecule has 0 spiro atoms. The fraction of sp³-hybridized carbons (Fsp3) is 0.167. The highest BCUT2D eigenvalue weighted by Crippen LogP contribution is 2.17. The van der Waals surface area contributed by atoms with Gasteiger partial charge in [0.15, 0.2) is 0 Å². The van der Waals surface area contributed by atoms with Crippen LogP contribution < -0.4 is 5.32 Å². The summed E-state index contributed by atoms with van der Waals surface area (Å²) in [5.41, 5.74) is 5.97. The number of hydrogen-bond donors (Lipinski definition) is 1. The second-order valence-corrected chi connectivity index (χ2v) is 5.30. The Morgan fingerprint density at radius 1 is 1.05 bits per heavy atom. The lowest BCUT2D eigenvalue weighted by atomic mass is 10.1. The highest BCUT2D eigenvalue weighted by atomic mass is 15.3. The first-order valence-corrected chi connectivity index (χ1v) is 7.12. The third-order valence-electron chi connectivity index (χ3n) is 3.52. The van der Waals surface area contributed by atoms with E-state index >= 15 is 0 Å². The van der Waals surface area contributed by atoms with Crippen molar-refractivity contribution in [1.29, 1.82) is 0 Å². The predicted molar refractivity (Wildman–Crippen MR) is 86.8 cm³/mol. The Bertz CT molecular complexity index is 729. The second-order valence-electron chi connectivity index (χ2n) is 5.30. The summed E-state index contributed by atoms with van der Waals surface area (Å²) in [6.07, 6.45) is 3.97. The zero-order chi connectivity index (χ0) is 14.7. The lowest BCUT2D eigenvalue weighted by Crippen LogP contribution is -2.00. The number of aromatic nitrogens is 2. The van der Waals surface area contributed by atoms with Gasteiger partial charge < -0.3 is 5.32 Å². The van der Waals surface area contributed by atoms with Crippen LogP contribution in [0.3, 0.4) is 0 Å². The maximum Gasteiger partial charge on any atom is 0.0645 e. The van der Waals surface area contributed by atoms with Gasteiger partial charge in [-0.15, -0.1) is 0 Å². The Kier molecular flexibility index (Phi) is 3.73. The van der Waals surface area contributed by atoms with Crippen LogP contribution >= 0.6 is 0 Å². The van der Waals surface area contributed by atoms with E-state index in [0.717, 1.165) is 12.2 Å². The van der Waals surface area contributed by atoms with Gasteiger partial charge in [0.2, 0.25) is 0 Å². The van der Waals surface area contributed by atoms with Gasteiger partial charge in [-0.1, -0.05) is 35.9 Å². The van der Waals surface area contributed by atoms with E-state index in [0.29, 0.717) is 0 Å². The van der Waals surface area contributed by atoms with Crippen molar-refractivity contribution in [1.82, 2.24) is 9.78 Å². The molecule has 106 valence electrons. The molecule has 3 heteroatoms. The maximum absolute atomic E-state index is 4.41. The first kappa shape index (κ1) is 13.4. The highest BCUT2D eigenvalue weighted by molar-refractivity contribution is 5.52. The molecule has 3 aromatic rings. The molecule has 0 aliphatic rings. The number of para-hydroxylation sites is 1. The zero-order valence-electron chi connectivity index (χ0n) is 12.4. The van der Waals surface area contributed by atoms with Gasteiger partial charge in [-0.3, -0.25) is 0 Å². The topological polar surface area (TPSA) is 29.9 Å². The summed E-state index contributed by atoms with van der Waals surface area (Å²) in [6.45, 7) is 5.01. The van der Waals surface area contributed by atoms with Crippen molar-refractivity contribution in [3.63, 3.8) is 0 Å². The van der Waals surface area contributed by atoms with Gasteiger partial charge in [0, 0.05) is 24.0 Å². The summed E-state index contributed by atoms with van der Waals surface area (Å²) in [5.74, 6) is 0. The van der Waals surface area contributed by atoms with Crippen molar-refractivity contribution >= 4 is 5.69 Å². The van der Waals surface area contributed by atoms with E-state index in [1.807, 2.05) is 41.2 Å². The van der Waals surface area contributed by atoms with E-state index in [1.54, 1.807) is 0 Å². The van der Waals surface area contributed by atoms with Gasteiger partial charge >= 0.3 is 0 Å². The molecule has 1 N–H and O–H groups in total. The van der Waals surface area contributed by atoms with E-state index in [9.17, 15) is 0 Å². The summed E-state index contributed by atoms with van der Waals surface area (Å²) < 4.78 is 1.90. The highest BCUT2D eigenvalue weighted by Gasteiger charge is 2.02. The second kappa shape index (κ2) is 5.83. The average Bonchev–Trinajstić information content (AvgIpc) is 2.96. The van der Waals surface area contributed by atoms with Crippen molar-refractivity contribution in [3.8, 4) is 5.69 Å². The molecule has 0 aliphatic heterocycles. The molecule has 0 aliphatic carbocycles. The summed E-state index contributed by atoms with van der Waals surface area (Å²) in [6, 6.07) is 16.6. The number of benzene rings is 2. The van der Waals surface area contributed by atoms with Crippen LogP contribution in [0.25, 0.3) is 5.69 Å². The first-order chi connectivity index (χ1) is 10.2. The van der Waals surface area contributed by atoms with Gasteiger partial charge in [-0.05, 0) is 37.6 Å². The van der Waals surface area contributed by atoms with Crippen LogP contribution in [-0.2, 0) is 6.54 Å². The van der Waals surface area contributed by atoms with Gasteiger partial charge in [-0.25, -0.2) is 4.68 Å². The zero-order valence-corrected chi connectivity index (χ0v) is 12.4. The molecular weight excluding hydrogens is 258 g/mol. The quantitative estimate of drug-likeness (QED) is 0.778. The molecule has 0 atom stereocenters. The number of nitrogens with one attached hydrogen (secondary N) is 1. The minimum Gasteiger partial charge on any atom is -0.381 e. The van der Waals surface area contributed by atoms with Crippen molar-refractivity contribution in [2.45, 2.75) is 20.4 Å². The number of hydrogen-bond acceptors (Lipinski definition) is 2. The molecule has 0 amide bonds. The van der Waals surface area contributed by atoms with Gasteiger partial charge in [0.25, 0.3) is 0 Å². The Hall–Kier alpha value is -2.55. The molecule has 1 heterocycles. The molecule has 0 radical (unpaired) electrons. The van der Waals surface area contributed by atoms with Crippen molar-refractivity contribution in [2.24, 2.45) is 0 Å². The Labute approximate surface area is 125 Å². The van der Waals surface area contributed by atoms with Crippen molar-refractivity contribution < 1.29 is 0 Å². The summed E-state index contributed by atoms with van der Waals surface area (Å²) in [4.78, 5) is 0. The minimum atomic E-state index is 0.775. The molecular formula is C18H19N3. The number of rotatable bonds is 4. The molecule has 2 aromatic carbocycles. The molecule has 0 fully saturated rings. The Morgan fingerprint density at radius 3 is 2.62 bits per heavy atom. The summed E-state index contributed by atoms with van der Waals surface area (Å²) in [7, 11) is 0. The largest absolute Gasteiger partial charge is 0.381 e. The van der Waals surface area contributed by atoms with E-state index in [-0.39, 0.29) is 0 Å². The van der Waals surface area contributed by atoms with Crippen LogP contribution in [0.1, 0.15) is 16.7 Å². The number of anilines is 1. The normalized spacial score (nSPS) is 10.6. The minimum absolute atomic E-state index is 0.775. The van der Waals surface area contributed by atoms with Crippen LogP contribution in [0.15, 0.2) is 60.9 Å². The summed E-state index contributed by atoms with van der Waals surface area (Å²) >= 11 is 0. The summed E-state index contributed by atoms with van der Waals surface area (Å²) in [5, 5.41) is 7.88.